The molecule has 2 aromatic rings. The van der Waals surface area contributed by atoms with Gasteiger partial charge in [0.05, 0.1) is 19.6 Å². The van der Waals surface area contributed by atoms with E-state index in [1.807, 2.05) is 6.07 Å². The quantitative estimate of drug-likeness (QED) is 0.423. The number of rotatable bonds is 7. The number of carbonyl (C=O) groups excluding carboxylic acids is 3. The largest absolute Gasteiger partial charge is 0.469 e. The minimum atomic E-state index is -1.17. The fourth-order valence-corrected chi connectivity index (χ4v) is 4.59. The number of morpholine rings is 1. The molecule has 36 heavy (non-hydrogen) atoms. The average molecular weight is 536 g/mol. The van der Waals surface area contributed by atoms with E-state index in [-0.39, 0.29) is 12.8 Å². The van der Waals surface area contributed by atoms with E-state index in [1.54, 1.807) is 70.2 Å². The van der Waals surface area contributed by atoms with Gasteiger partial charge in [-0.3, -0.25) is 9.59 Å². The van der Waals surface area contributed by atoms with Crippen LogP contribution in [-0.4, -0.2) is 47.6 Å². The van der Waals surface area contributed by atoms with Crippen LogP contribution in [0.2, 0.25) is 10.0 Å². The van der Waals surface area contributed by atoms with Crippen LogP contribution >= 0.6 is 23.2 Å². The van der Waals surface area contributed by atoms with Crippen LogP contribution in [0.3, 0.4) is 0 Å². The molecular weight excluding hydrogens is 505 g/mol. The van der Waals surface area contributed by atoms with Gasteiger partial charge in [-0.1, -0.05) is 54.4 Å². The van der Waals surface area contributed by atoms with Gasteiger partial charge < -0.3 is 19.1 Å². The Labute approximate surface area is 221 Å². The van der Waals surface area contributed by atoms with E-state index in [1.165, 1.54) is 12.0 Å². The van der Waals surface area contributed by atoms with Gasteiger partial charge in [-0.15, -0.1) is 0 Å². The number of carbonyl (C=O) groups is 3. The summed E-state index contributed by atoms with van der Waals surface area (Å²) in [5.41, 5.74) is 0.637. The Balaban J connectivity index is 2.19. The number of esters is 2. The molecule has 2 aromatic carbocycles. The van der Waals surface area contributed by atoms with Gasteiger partial charge in [0.15, 0.2) is 0 Å². The van der Waals surface area contributed by atoms with Crippen molar-refractivity contribution in [3.8, 4) is 0 Å². The van der Waals surface area contributed by atoms with Gasteiger partial charge in [0.2, 0.25) is 0 Å². The van der Waals surface area contributed by atoms with Gasteiger partial charge >= 0.3 is 11.9 Å². The minimum Gasteiger partial charge on any atom is -0.469 e. The molecule has 0 N–H and O–H groups in total. The highest BCUT2D eigenvalue weighted by Crippen LogP contribution is 2.45. The maximum Gasteiger partial charge on any atom is 0.329 e. The van der Waals surface area contributed by atoms with Crippen molar-refractivity contribution in [1.29, 1.82) is 0 Å². The molecule has 1 amide bonds. The normalized spacial score (nSPS) is 21.1. The smallest absolute Gasteiger partial charge is 0.329 e. The molecule has 1 aliphatic heterocycles. The van der Waals surface area contributed by atoms with Gasteiger partial charge in [-0.05, 0) is 62.6 Å². The SMILES string of the molecule is CCC(C(=O)OC(C)(C)C)N1C(=O)[C@@H](CC(=O)OC)O[C@H](c2cccc(Cl)c2)[C@H]1c1ccc(Cl)cc1. The summed E-state index contributed by atoms with van der Waals surface area (Å²) in [6, 6.07) is 12.4. The van der Waals surface area contributed by atoms with E-state index < -0.39 is 47.7 Å². The molecule has 4 atom stereocenters. The van der Waals surface area contributed by atoms with Gasteiger partial charge in [0.25, 0.3) is 5.91 Å². The summed E-state index contributed by atoms with van der Waals surface area (Å²) in [6.45, 7) is 7.11. The molecule has 1 aliphatic rings. The maximum absolute atomic E-state index is 13.9. The van der Waals surface area contributed by atoms with Crippen molar-refractivity contribution in [3.05, 3.63) is 69.7 Å². The average Bonchev–Trinajstić information content (AvgIpc) is 2.81. The number of ether oxygens (including phenoxy) is 3. The van der Waals surface area contributed by atoms with E-state index in [0.29, 0.717) is 21.2 Å². The Morgan fingerprint density at radius 3 is 2.28 bits per heavy atom. The highest BCUT2D eigenvalue weighted by atomic mass is 35.5. The van der Waals surface area contributed by atoms with Gasteiger partial charge in [0, 0.05) is 10.0 Å². The van der Waals surface area contributed by atoms with Crippen LogP contribution in [0.1, 0.15) is 63.8 Å². The topological polar surface area (TPSA) is 82.1 Å². The zero-order chi connectivity index (χ0) is 26.6. The summed E-state index contributed by atoms with van der Waals surface area (Å²) in [4.78, 5) is 40.9. The van der Waals surface area contributed by atoms with Crippen molar-refractivity contribution in [2.75, 3.05) is 7.11 Å². The number of halogens is 2. The lowest BCUT2D eigenvalue weighted by atomic mass is 9.89. The number of hydrogen-bond donors (Lipinski definition) is 0. The molecule has 1 saturated heterocycles. The van der Waals surface area contributed by atoms with Crippen LogP contribution in [0, 0.1) is 0 Å². The highest BCUT2D eigenvalue weighted by molar-refractivity contribution is 6.30. The van der Waals surface area contributed by atoms with Crippen LogP contribution < -0.4 is 0 Å². The van der Waals surface area contributed by atoms with Gasteiger partial charge in [-0.25, -0.2) is 4.79 Å². The second kappa shape index (κ2) is 11.6. The molecule has 9 heteroatoms. The molecule has 0 aliphatic carbocycles. The number of nitrogens with zero attached hydrogens (tertiary/aromatic N) is 1. The lowest BCUT2D eigenvalue weighted by molar-refractivity contribution is -0.191. The van der Waals surface area contributed by atoms with Gasteiger partial charge in [0.1, 0.15) is 23.9 Å². The second-order valence-corrected chi connectivity index (χ2v) is 10.5. The first kappa shape index (κ1) is 28.0. The van der Waals surface area contributed by atoms with Crippen molar-refractivity contribution >= 4 is 41.0 Å². The lowest BCUT2D eigenvalue weighted by Crippen LogP contribution is -2.57. The minimum absolute atomic E-state index is 0.290. The Morgan fingerprint density at radius 2 is 1.72 bits per heavy atom. The molecule has 0 saturated carbocycles. The second-order valence-electron chi connectivity index (χ2n) is 9.58. The van der Waals surface area contributed by atoms with E-state index in [2.05, 4.69) is 0 Å². The first-order valence-corrected chi connectivity index (χ1v) is 12.5. The Hall–Kier alpha value is -2.61. The van der Waals surface area contributed by atoms with Crippen LogP contribution in [0.4, 0.5) is 0 Å². The number of hydrogen-bond acceptors (Lipinski definition) is 6. The van der Waals surface area contributed by atoms with E-state index in [4.69, 9.17) is 37.4 Å². The number of methoxy groups -OCH3 is 1. The summed E-state index contributed by atoms with van der Waals surface area (Å²) in [6.07, 6.45) is -1.92. The first-order chi connectivity index (χ1) is 16.9. The molecule has 194 valence electrons. The fourth-order valence-electron chi connectivity index (χ4n) is 4.26. The van der Waals surface area contributed by atoms with E-state index in [9.17, 15) is 14.4 Å². The van der Waals surface area contributed by atoms with Crippen molar-refractivity contribution in [3.63, 3.8) is 0 Å². The standard InChI is InChI=1S/C27H31Cl2NO6/c1-6-20(26(33)36-27(2,3)4)30-23(16-10-12-18(28)13-11-16)24(17-8-7-9-19(29)14-17)35-21(25(30)32)15-22(31)34-5/h7-14,20-21,23-24H,6,15H2,1-5H3/t20?,21-,23-,24-/m1/s1. The summed E-state index contributed by atoms with van der Waals surface area (Å²) < 4.78 is 16.8. The molecule has 7 nitrogen and oxygen atoms in total. The van der Waals surface area contributed by atoms with Crippen LogP contribution in [0.5, 0.6) is 0 Å². The van der Waals surface area contributed by atoms with Crippen molar-refractivity contribution in [2.24, 2.45) is 0 Å². The highest BCUT2D eigenvalue weighted by Gasteiger charge is 2.49. The van der Waals surface area contributed by atoms with Crippen LogP contribution in [-0.2, 0) is 28.6 Å². The molecule has 3 rings (SSSR count). The third kappa shape index (κ3) is 6.58. The van der Waals surface area contributed by atoms with Crippen molar-refractivity contribution in [1.82, 2.24) is 4.90 Å². The number of amides is 1. The Morgan fingerprint density at radius 1 is 1.06 bits per heavy atom. The van der Waals surface area contributed by atoms with E-state index in [0.717, 1.165) is 0 Å². The molecule has 0 spiro atoms. The molecule has 1 unspecified atom stereocenters. The van der Waals surface area contributed by atoms with Crippen LogP contribution in [0.15, 0.2) is 48.5 Å². The van der Waals surface area contributed by atoms with Crippen molar-refractivity contribution in [2.45, 2.75) is 70.4 Å². The zero-order valence-electron chi connectivity index (χ0n) is 21.0. The third-order valence-corrected chi connectivity index (χ3v) is 6.28. The monoisotopic (exact) mass is 535 g/mol. The Bertz CT molecular complexity index is 1100. The maximum atomic E-state index is 13.9. The predicted octanol–water partition coefficient (Wildman–Crippen LogP) is 5.69. The molecule has 0 aromatic heterocycles. The summed E-state index contributed by atoms with van der Waals surface area (Å²) in [5.74, 6) is -1.65. The molecule has 0 bridgehead atoms. The van der Waals surface area contributed by atoms with Gasteiger partial charge in [-0.2, -0.15) is 0 Å². The summed E-state index contributed by atoms with van der Waals surface area (Å²) in [5, 5.41) is 1.01. The Kier molecular flexibility index (Phi) is 9.03. The van der Waals surface area contributed by atoms with E-state index >= 15 is 0 Å². The summed E-state index contributed by atoms with van der Waals surface area (Å²) in [7, 11) is 1.24. The molecule has 1 heterocycles. The van der Waals surface area contributed by atoms with Crippen molar-refractivity contribution < 1.29 is 28.6 Å². The lowest BCUT2D eigenvalue weighted by Gasteiger charge is -2.47. The predicted molar refractivity (Wildman–Crippen MR) is 137 cm³/mol. The summed E-state index contributed by atoms with van der Waals surface area (Å²) >= 11 is 12.4. The first-order valence-electron chi connectivity index (χ1n) is 11.7. The third-order valence-electron chi connectivity index (χ3n) is 5.80. The molecule has 1 fully saturated rings. The fraction of sp³-hybridized carbons (Fsp3) is 0.444. The molecule has 0 radical (unpaired) electrons. The number of benzene rings is 2. The van der Waals surface area contributed by atoms with Crippen LogP contribution in [0.25, 0.3) is 0 Å². The zero-order valence-corrected chi connectivity index (χ0v) is 22.5. The molecular formula is C27H31Cl2NO6.